The largest absolute Gasteiger partial charge is 0.398 e. The molecule has 0 aliphatic heterocycles. The number of anilines is 3. The van der Waals surface area contributed by atoms with E-state index in [9.17, 15) is 5.11 Å². The summed E-state index contributed by atoms with van der Waals surface area (Å²) in [5, 5.41) is 16.3. The summed E-state index contributed by atoms with van der Waals surface area (Å²) in [6.07, 6.45) is 1.78. The van der Waals surface area contributed by atoms with Gasteiger partial charge < -0.3 is 26.0 Å². The van der Waals surface area contributed by atoms with Crippen LogP contribution in [0.25, 0.3) is 11.2 Å². The molecule has 1 unspecified atom stereocenters. The van der Waals surface area contributed by atoms with Crippen molar-refractivity contribution in [2.75, 3.05) is 23.0 Å². The number of fused-ring (bicyclic) bond motifs is 1. The Morgan fingerprint density at radius 3 is 2.54 bits per heavy atom. The third kappa shape index (κ3) is 4.17. The Bertz CT molecular complexity index is 935. The maximum Gasteiger partial charge on any atom is 0.227 e. The second kappa shape index (κ2) is 8.43. The first-order chi connectivity index (χ1) is 13.4. The van der Waals surface area contributed by atoms with E-state index in [-0.39, 0.29) is 24.6 Å². The molecule has 0 fully saturated rings. The maximum atomic E-state index is 9.66. The van der Waals surface area contributed by atoms with Gasteiger partial charge in [0.25, 0.3) is 0 Å². The van der Waals surface area contributed by atoms with Gasteiger partial charge in [0.15, 0.2) is 17.0 Å². The van der Waals surface area contributed by atoms with Gasteiger partial charge in [-0.2, -0.15) is 9.97 Å². The highest BCUT2D eigenvalue weighted by Crippen LogP contribution is 2.25. The van der Waals surface area contributed by atoms with Crippen LogP contribution in [-0.2, 0) is 6.54 Å². The monoisotopic (exact) mass is 383 g/mol. The SMILES string of the molecule is CC(C)C(CO)Nc1nc(NCc2ccccc2N)c2ncn(C(C)C)c2n1. The van der Waals surface area contributed by atoms with Crippen molar-refractivity contribution in [3.63, 3.8) is 0 Å². The molecule has 0 saturated carbocycles. The van der Waals surface area contributed by atoms with Crippen LogP contribution in [0.3, 0.4) is 0 Å². The molecule has 28 heavy (non-hydrogen) atoms. The highest BCUT2D eigenvalue weighted by Gasteiger charge is 2.18. The predicted molar refractivity (Wildman–Crippen MR) is 113 cm³/mol. The summed E-state index contributed by atoms with van der Waals surface area (Å²) >= 11 is 0. The van der Waals surface area contributed by atoms with Gasteiger partial charge in [0.2, 0.25) is 5.95 Å². The number of aromatic nitrogens is 4. The van der Waals surface area contributed by atoms with E-state index in [0.717, 1.165) is 16.9 Å². The van der Waals surface area contributed by atoms with Crippen molar-refractivity contribution in [3.05, 3.63) is 36.2 Å². The standard InChI is InChI=1S/C20H29N7O/c1-12(2)16(10-28)24-20-25-18(22-9-14-7-5-6-8-15(14)21)17-19(26-20)27(11-23-17)13(3)4/h5-8,11-13,16,28H,9-10,21H2,1-4H3,(H2,22,24,25,26). The van der Waals surface area contributed by atoms with Crippen LogP contribution >= 0.6 is 0 Å². The lowest BCUT2D eigenvalue weighted by atomic mass is 10.1. The van der Waals surface area contributed by atoms with Gasteiger partial charge in [0.1, 0.15) is 0 Å². The first-order valence-electron chi connectivity index (χ1n) is 9.60. The minimum absolute atomic E-state index is 0.00577. The number of rotatable bonds is 8. The number of nitrogen functional groups attached to an aromatic ring is 1. The molecule has 0 spiro atoms. The number of hydrogen-bond donors (Lipinski definition) is 4. The summed E-state index contributed by atoms with van der Waals surface area (Å²) in [7, 11) is 0. The number of aliphatic hydroxyl groups excluding tert-OH is 1. The Morgan fingerprint density at radius 2 is 1.89 bits per heavy atom. The Morgan fingerprint density at radius 1 is 1.14 bits per heavy atom. The highest BCUT2D eigenvalue weighted by molar-refractivity contribution is 5.84. The number of aliphatic hydroxyl groups is 1. The van der Waals surface area contributed by atoms with Crippen molar-refractivity contribution >= 4 is 28.6 Å². The Labute approximate surface area is 165 Å². The number of nitrogens with zero attached hydrogens (tertiary/aromatic N) is 4. The minimum atomic E-state index is -0.134. The van der Waals surface area contributed by atoms with Gasteiger partial charge in [-0.05, 0) is 31.4 Å². The summed E-state index contributed by atoms with van der Waals surface area (Å²) in [4.78, 5) is 13.8. The Kier molecular flexibility index (Phi) is 5.99. The lowest BCUT2D eigenvalue weighted by molar-refractivity contribution is 0.248. The van der Waals surface area contributed by atoms with Crippen molar-refractivity contribution in [1.29, 1.82) is 0 Å². The molecule has 0 radical (unpaired) electrons. The second-order valence-corrected chi connectivity index (χ2v) is 7.54. The lowest BCUT2D eigenvalue weighted by Gasteiger charge is -2.20. The van der Waals surface area contributed by atoms with E-state index in [1.54, 1.807) is 6.33 Å². The minimum Gasteiger partial charge on any atom is -0.398 e. The van der Waals surface area contributed by atoms with Crippen LogP contribution in [0.4, 0.5) is 17.5 Å². The fourth-order valence-electron chi connectivity index (χ4n) is 2.95. The van der Waals surface area contributed by atoms with Crippen LogP contribution in [-0.4, -0.2) is 37.3 Å². The van der Waals surface area contributed by atoms with Crippen molar-refractivity contribution in [2.24, 2.45) is 5.92 Å². The molecule has 2 aromatic heterocycles. The smallest absolute Gasteiger partial charge is 0.227 e. The number of nitrogens with two attached hydrogens (primary N) is 1. The van der Waals surface area contributed by atoms with Crippen molar-refractivity contribution in [2.45, 2.75) is 46.3 Å². The molecule has 1 atom stereocenters. The van der Waals surface area contributed by atoms with E-state index >= 15 is 0 Å². The van der Waals surface area contributed by atoms with E-state index < -0.39 is 0 Å². The molecular formula is C20H29N7O. The van der Waals surface area contributed by atoms with Crippen molar-refractivity contribution in [1.82, 2.24) is 19.5 Å². The summed E-state index contributed by atoms with van der Waals surface area (Å²) in [5.74, 6) is 1.33. The van der Waals surface area contributed by atoms with E-state index in [4.69, 9.17) is 5.73 Å². The molecular weight excluding hydrogens is 354 g/mol. The van der Waals surface area contributed by atoms with Crippen LogP contribution in [0.1, 0.15) is 39.3 Å². The summed E-state index contributed by atoms with van der Waals surface area (Å²) in [6.45, 7) is 8.79. The van der Waals surface area contributed by atoms with Gasteiger partial charge in [0.05, 0.1) is 19.0 Å². The third-order valence-electron chi connectivity index (χ3n) is 4.80. The lowest BCUT2D eigenvalue weighted by Crippen LogP contribution is -2.30. The predicted octanol–water partition coefficient (Wildman–Crippen LogP) is 3.03. The topological polar surface area (TPSA) is 114 Å². The number of hydrogen-bond acceptors (Lipinski definition) is 7. The van der Waals surface area contributed by atoms with Crippen molar-refractivity contribution < 1.29 is 5.11 Å². The van der Waals surface area contributed by atoms with Gasteiger partial charge in [-0.15, -0.1) is 0 Å². The molecule has 3 aromatic rings. The summed E-state index contributed by atoms with van der Waals surface area (Å²) in [5.41, 5.74) is 9.23. The third-order valence-corrected chi connectivity index (χ3v) is 4.80. The zero-order chi connectivity index (χ0) is 20.3. The van der Waals surface area contributed by atoms with E-state index in [1.807, 2.05) is 42.7 Å². The van der Waals surface area contributed by atoms with Gasteiger partial charge in [-0.25, -0.2) is 4.98 Å². The molecule has 150 valence electrons. The number of benzene rings is 1. The number of nitrogens with one attached hydrogen (secondary N) is 2. The first-order valence-corrected chi connectivity index (χ1v) is 9.60. The van der Waals surface area contributed by atoms with Gasteiger partial charge in [0, 0.05) is 18.3 Å². The van der Waals surface area contributed by atoms with Crippen LogP contribution in [0, 0.1) is 5.92 Å². The molecule has 0 aliphatic rings. The highest BCUT2D eigenvalue weighted by atomic mass is 16.3. The van der Waals surface area contributed by atoms with Crippen LogP contribution in [0.15, 0.2) is 30.6 Å². The Balaban J connectivity index is 1.98. The van der Waals surface area contributed by atoms with Crippen LogP contribution < -0.4 is 16.4 Å². The van der Waals surface area contributed by atoms with Crippen LogP contribution in [0.2, 0.25) is 0 Å². The normalized spacial score (nSPS) is 12.7. The quantitative estimate of drug-likeness (QED) is 0.442. The van der Waals surface area contributed by atoms with Gasteiger partial charge >= 0.3 is 0 Å². The van der Waals surface area contributed by atoms with Gasteiger partial charge in [-0.3, -0.25) is 0 Å². The molecule has 8 heteroatoms. The molecule has 5 N–H and O–H groups in total. The fraction of sp³-hybridized carbons (Fsp3) is 0.450. The number of imidazole rings is 1. The molecule has 0 saturated heterocycles. The van der Waals surface area contributed by atoms with E-state index in [0.29, 0.717) is 23.8 Å². The van der Waals surface area contributed by atoms with E-state index in [2.05, 4.69) is 39.4 Å². The zero-order valence-corrected chi connectivity index (χ0v) is 16.8. The molecule has 3 rings (SSSR count). The molecule has 0 aliphatic carbocycles. The first kappa shape index (κ1) is 19.9. The maximum absolute atomic E-state index is 9.66. The average Bonchev–Trinajstić information content (AvgIpc) is 3.09. The van der Waals surface area contributed by atoms with Gasteiger partial charge in [-0.1, -0.05) is 32.0 Å². The summed E-state index contributed by atoms with van der Waals surface area (Å²) < 4.78 is 2.01. The molecule has 2 heterocycles. The average molecular weight is 384 g/mol. The Hall–Kier alpha value is -2.87. The molecule has 1 aromatic carbocycles. The summed E-state index contributed by atoms with van der Waals surface area (Å²) in [6, 6.07) is 7.80. The van der Waals surface area contributed by atoms with Crippen LogP contribution in [0.5, 0.6) is 0 Å². The van der Waals surface area contributed by atoms with E-state index in [1.165, 1.54) is 0 Å². The second-order valence-electron chi connectivity index (χ2n) is 7.54. The van der Waals surface area contributed by atoms with Crippen molar-refractivity contribution in [3.8, 4) is 0 Å². The molecule has 0 amide bonds. The fourth-order valence-corrected chi connectivity index (χ4v) is 2.95. The number of para-hydroxylation sites is 1. The zero-order valence-electron chi connectivity index (χ0n) is 16.8. The molecule has 8 nitrogen and oxygen atoms in total. The molecule has 0 bridgehead atoms.